The molecule has 0 bridgehead atoms. The van der Waals surface area contributed by atoms with Gasteiger partial charge in [0.15, 0.2) is 5.96 Å². The van der Waals surface area contributed by atoms with Gasteiger partial charge < -0.3 is 11.1 Å². The van der Waals surface area contributed by atoms with Gasteiger partial charge in [-0.3, -0.25) is 0 Å². The summed E-state index contributed by atoms with van der Waals surface area (Å²) in [6.45, 7) is 8.85. The Labute approximate surface area is 137 Å². The summed E-state index contributed by atoms with van der Waals surface area (Å²) in [7, 11) is 0. The van der Waals surface area contributed by atoms with Crippen molar-refractivity contribution in [3.63, 3.8) is 0 Å². The van der Waals surface area contributed by atoms with Gasteiger partial charge in [-0.1, -0.05) is 6.92 Å². The number of rotatable bonds is 4. The first kappa shape index (κ1) is 18.5. The molecule has 4 nitrogen and oxygen atoms in total. The first-order valence-electron chi connectivity index (χ1n) is 6.06. The minimum absolute atomic E-state index is 0. The Hall–Kier alpha value is -0.500. The first-order valence-corrected chi connectivity index (χ1v) is 7.05. The van der Waals surface area contributed by atoms with Crippen LogP contribution in [0.2, 0.25) is 0 Å². The topological polar surface area (TPSA) is 63.3 Å². The third-order valence-electron chi connectivity index (χ3n) is 2.03. The molecule has 0 aliphatic heterocycles. The summed E-state index contributed by atoms with van der Waals surface area (Å²) >= 11 is 1.73. The van der Waals surface area contributed by atoms with E-state index >= 15 is 0 Å². The van der Waals surface area contributed by atoms with Gasteiger partial charge in [0.1, 0.15) is 0 Å². The molecular formula is C13H23IN4S. The number of nitrogens with two attached hydrogens (primary N) is 1. The third-order valence-corrected chi connectivity index (χ3v) is 2.83. The van der Waals surface area contributed by atoms with Gasteiger partial charge in [-0.15, -0.1) is 35.7 Å². The molecule has 0 aliphatic rings. The molecule has 1 aromatic heterocycles. The van der Waals surface area contributed by atoms with Crippen LogP contribution in [-0.4, -0.2) is 22.2 Å². The van der Waals surface area contributed by atoms with Crippen LogP contribution in [0.3, 0.4) is 0 Å². The maximum absolute atomic E-state index is 5.82. The van der Waals surface area contributed by atoms with Gasteiger partial charge in [0, 0.05) is 11.7 Å². The van der Waals surface area contributed by atoms with Crippen molar-refractivity contribution < 1.29 is 0 Å². The van der Waals surface area contributed by atoms with Crippen LogP contribution in [0.25, 0.3) is 0 Å². The van der Waals surface area contributed by atoms with Crippen molar-refractivity contribution in [1.29, 1.82) is 0 Å². The van der Waals surface area contributed by atoms with Gasteiger partial charge in [0.25, 0.3) is 0 Å². The lowest BCUT2D eigenvalue weighted by molar-refractivity contribution is 0.508. The van der Waals surface area contributed by atoms with Gasteiger partial charge >= 0.3 is 0 Å². The second-order valence-electron chi connectivity index (χ2n) is 5.01. The predicted molar refractivity (Wildman–Crippen MR) is 94.3 cm³/mol. The van der Waals surface area contributed by atoms with Crippen molar-refractivity contribution in [2.45, 2.75) is 44.8 Å². The minimum Gasteiger partial charge on any atom is -0.370 e. The Morgan fingerprint density at radius 3 is 2.74 bits per heavy atom. The fourth-order valence-corrected chi connectivity index (χ4v) is 2.04. The summed E-state index contributed by atoms with van der Waals surface area (Å²) in [5.41, 5.74) is 6.89. The second kappa shape index (κ2) is 8.63. The zero-order valence-electron chi connectivity index (χ0n) is 11.9. The molecule has 0 aliphatic carbocycles. The average molecular weight is 394 g/mol. The summed E-state index contributed by atoms with van der Waals surface area (Å²) in [6.07, 6.45) is 1.82. The lowest BCUT2D eigenvalue weighted by Crippen LogP contribution is -2.44. The van der Waals surface area contributed by atoms with Crippen molar-refractivity contribution in [2.24, 2.45) is 10.7 Å². The Kier molecular flexibility index (Phi) is 8.40. The number of pyridine rings is 1. The molecule has 0 amide bonds. The highest BCUT2D eigenvalue weighted by molar-refractivity contribution is 14.0. The number of hydrogen-bond donors (Lipinski definition) is 2. The summed E-state index contributed by atoms with van der Waals surface area (Å²) < 4.78 is 0. The Morgan fingerprint density at radius 1 is 1.47 bits per heavy atom. The van der Waals surface area contributed by atoms with Crippen LogP contribution in [-0.2, 0) is 6.54 Å². The maximum atomic E-state index is 5.82. The predicted octanol–water partition coefficient (Wildman–Crippen LogP) is 3.01. The largest absolute Gasteiger partial charge is 0.370 e. The fourth-order valence-electron chi connectivity index (χ4n) is 1.38. The van der Waals surface area contributed by atoms with E-state index in [1.54, 1.807) is 11.8 Å². The highest BCUT2D eigenvalue weighted by atomic mass is 127. The number of nitrogens with one attached hydrogen (secondary N) is 1. The maximum Gasteiger partial charge on any atom is 0.189 e. The van der Waals surface area contributed by atoms with E-state index in [2.05, 4.69) is 49.1 Å². The quantitative estimate of drug-likeness (QED) is 0.357. The van der Waals surface area contributed by atoms with Crippen LogP contribution in [0.1, 0.15) is 33.3 Å². The lowest BCUT2D eigenvalue weighted by Gasteiger charge is -2.20. The van der Waals surface area contributed by atoms with E-state index in [0.29, 0.717) is 12.5 Å². The zero-order chi connectivity index (χ0) is 13.6. The lowest BCUT2D eigenvalue weighted by atomic mass is 10.1. The van der Waals surface area contributed by atoms with Crippen molar-refractivity contribution in [3.05, 3.63) is 23.9 Å². The van der Waals surface area contributed by atoms with Crippen LogP contribution in [0.5, 0.6) is 0 Å². The highest BCUT2D eigenvalue weighted by Crippen LogP contribution is 2.15. The molecule has 1 rings (SSSR count). The standard InChI is InChI=1S/C13H22N4S.HI/c1-5-18-11-8-10(6-7-15-11)9-16-12(14)17-13(2,3)4;/h6-8H,5,9H2,1-4H3,(H3,14,16,17);1H. The molecule has 0 atom stereocenters. The monoisotopic (exact) mass is 394 g/mol. The van der Waals surface area contributed by atoms with Gasteiger partial charge in [-0.2, -0.15) is 0 Å². The number of halogens is 1. The van der Waals surface area contributed by atoms with Crippen LogP contribution < -0.4 is 11.1 Å². The highest BCUT2D eigenvalue weighted by Gasteiger charge is 2.09. The molecular weight excluding hydrogens is 371 g/mol. The summed E-state index contributed by atoms with van der Waals surface area (Å²) in [4.78, 5) is 8.61. The van der Waals surface area contributed by atoms with E-state index in [1.165, 1.54) is 0 Å². The molecule has 1 aromatic rings. The molecule has 1 heterocycles. The van der Waals surface area contributed by atoms with Crippen molar-refractivity contribution in [1.82, 2.24) is 10.3 Å². The van der Waals surface area contributed by atoms with Crippen LogP contribution in [0, 0.1) is 0 Å². The molecule has 19 heavy (non-hydrogen) atoms. The normalized spacial score (nSPS) is 11.9. The fraction of sp³-hybridized carbons (Fsp3) is 0.538. The summed E-state index contributed by atoms with van der Waals surface area (Å²) in [6, 6.07) is 4.02. The van der Waals surface area contributed by atoms with Gasteiger partial charge in [0.05, 0.1) is 11.6 Å². The number of aliphatic imine (C=N–C) groups is 1. The van der Waals surface area contributed by atoms with Crippen molar-refractivity contribution in [2.75, 3.05) is 5.75 Å². The van der Waals surface area contributed by atoms with Crippen LogP contribution in [0.4, 0.5) is 0 Å². The summed E-state index contributed by atoms with van der Waals surface area (Å²) in [5.74, 6) is 1.50. The molecule has 3 N–H and O–H groups in total. The molecule has 0 unspecified atom stereocenters. The molecule has 0 aromatic carbocycles. The van der Waals surface area contributed by atoms with Crippen molar-refractivity contribution in [3.8, 4) is 0 Å². The number of hydrogen-bond acceptors (Lipinski definition) is 3. The Bertz CT molecular complexity index is 415. The number of aromatic nitrogens is 1. The smallest absolute Gasteiger partial charge is 0.189 e. The molecule has 0 saturated carbocycles. The van der Waals surface area contributed by atoms with Crippen LogP contribution in [0.15, 0.2) is 28.3 Å². The third kappa shape index (κ3) is 8.30. The first-order chi connectivity index (χ1) is 8.40. The van der Waals surface area contributed by atoms with E-state index in [-0.39, 0.29) is 29.5 Å². The molecule has 0 spiro atoms. The number of guanidine groups is 1. The summed E-state index contributed by atoms with van der Waals surface area (Å²) in [5, 5.41) is 4.17. The Morgan fingerprint density at radius 2 is 2.16 bits per heavy atom. The van der Waals surface area contributed by atoms with Gasteiger partial charge in [-0.05, 0) is 44.2 Å². The van der Waals surface area contributed by atoms with Crippen LogP contribution >= 0.6 is 35.7 Å². The molecule has 0 radical (unpaired) electrons. The van der Waals surface area contributed by atoms with Gasteiger partial charge in [0.2, 0.25) is 0 Å². The average Bonchev–Trinajstić information content (AvgIpc) is 2.25. The van der Waals surface area contributed by atoms with Gasteiger partial charge in [-0.25, -0.2) is 9.98 Å². The molecule has 6 heteroatoms. The van der Waals surface area contributed by atoms with E-state index in [0.717, 1.165) is 16.3 Å². The van der Waals surface area contributed by atoms with E-state index in [1.807, 2.05) is 12.3 Å². The minimum atomic E-state index is -0.0605. The second-order valence-corrected chi connectivity index (χ2v) is 6.30. The van der Waals surface area contributed by atoms with E-state index < -0.39 is 0 Å². The molecule has 0 fully saturated rings. The number of nitrogens with zero attached hydrogens (tertiary/aromatic N) is 2. The van der Waals surface area contributed by atoms with E-state index in [4.69, 9.17) is 5.73 Å². The number of thioether (sulfide) groups is 1. The van der Waals surface area contributed by atoms with E-state index in [9.17, 15) is 0 Å². The zero-order valence-corrected chi connectivity index (χ0v) is 15.1. The van der Waals surface area contributed by atoms with Crippen molar-refractivity contribution >= 4 is 41.7 Å². The molecule has 0 saturated heterocycles. The molecule has 108 valence electrons. The Balaban J connectivity index is 0.00000324. The SMILES string of the molecule is CCSc1cc(CN=C(N)NC(C)(C)C)ccn1.I.